The Hall–Kier alpha value is -2.93. The number of carboxylic acids is 1. The second-order valence-corrected chi connectivity index (χ2v) is 9.71. The molecule has 0 saturated carbocycles. The molecule has 2 aromatic carbocycles. The minimum atomic E-state index is -3.98. The van der Waals surface area contributed by atoms with Gasteiger partial charge in [0, 0.05) is 18.7 Å². The molecule has 0 amide bonds. The number of benzene rings is 2. The molecule has 170 valence electrons. The van der Waals surface area contributed by atoms with Crippen molar-refractivity contribution in [2.24, 2.45) is 5.73 Å². The van der Waals surface area contributed by atoms with Crippen molar-refractivity contribution in [3.8, 4) is 17.6 Å². The van der Waals surface area contributed by atoms with Gasteiger partial charge in [0.15, 0.2) is 5.54 Å². The van der Waals surface area contributed by atoms with Gasteiger partial charge in [-0.1, -0.05) is 30.0 Å². The topological polar surface area (TPSA) is 110 Å². The third-order valence-electron chi connectivity index (χ3n) is 5.48. The van der Waals surface area contributed by atoms with Crippen LogP contribution in [0.3, 0.4) is 0 Å². The third kappa shape index (κ3) is 5.65. The van der Waals surface area contributed by atoms with Crippen LogP contribution in [0.1, 0.15) is 29.9 Å². The van der Waals surface area contributed by atoms with E-state index in [0.29, 0.717) is 12.8 Å². The number of nitrogens with two attached hydrogens (primary N) is 1. The number of methoxy groups -OCH3 is 1. The van der Waals surface area contributed by atoms with Gasteiger partial charge in [-0.3, -0.25) is 0 Å². The van der Waals surface area contributed by atoms with Crippen molar-refractivity contribution < 1.29 is 27.4 Å². The van der Waals surface area contributed by atoms with Crippen molar-refractivity contribution in [1.82, 2.24) is 4.31 Å². The number of aliphatic carboxylic acids is 1. The van der Waals surface area contributed by atoms with E-state index in [2.05, 4.69) is 11.8 Å². The molecule has 7 nitrogen and oxygen atoms in total. The number of piperidine rings is 1. The van der Waals surface area contributed by atoms with Crippen LogP contribution in [-0.4, -0.2) is 55.3 Å². The number of sulfonamides is 1. The van der Waals surface area contributed by atoms with E-state index in [1.54, 1.807) is 7.11 Å². The molecule has 9 heteroatoms. The van der Waals surface area contributed by atoms with E-state index in [9.17, 15) is 22.7 Å². The fourth-order valence-corrected chi connectivity index (χ4v) is 5.34. The van der Waals surface area contributed by atoms with Crippen LogP contribution in [0.5, 0.6) is 5.75 Å². The van der Waals surface area contributed by atoms with Crippen LogP contribution in [0.4, 0.5) is 4.39 Å². The summed E-state index contributed by atoms with van der Waals surface area (Å²) in [6.45, 7) is 0.512. The molecular formula is C23H25FN2O5S. The first kappa shape index (κ1) is 23.7. The lowest BCUT2D eigenvalue weighted by atomic mass is 9.90. The number of carboxylic acid groups (broad SMARTS) is 1. The van der Waals surface area contributed by atoms with E-state index in [0.717, 1.165) is 17.4 Å². The number of hydrogen-bond acceptors (Lipinski definition) is 5. The Balaban J connectivity index is 1.70. The molecule has 3 N–H and O–H groups in total. The maximum atomic E-state index is 13.3. The highest BCUT2D eigenvalue weighted by Gasteiger charge is 2.41. The fourth-order valence-electron chi connectivity index (χ4n) is 3.62. The van der Waals surface area contributed by atoms with Crippen LogP contribution in [0.2, 0.25) is 0 Å². The van der Waals surface area contributed by atoms with Gasteiger partial charge in [0.1, 0.15) is 17.3 Å². The largest absolute Gasteiger partial charge is 0.497 e. The SMILES string of the molecule is COc1ccc(C2CCN(S(=O)(=O)CC(N)(C#Cc3cccc(F)c3)C(=O)O)CC2)cc1. The zero-order chi connectivity index (χ0) is 23.4. The molecule has 32 heavy (non-hydrogen) atoms. The Bertz CT molecular complexity index is 1130. The lowest BCUT2D eigenvalue weighted by Gasteiger charge is -2.33. The zero-order valence-corrected chi connectivity index (χ0v) is 18.4. The summed E-state index contributed by atoms with van der Waals surface area (Å²) in [6.07, 6.45) is 1.20. The van der Waals surface area contributed by atoms with Crippen LogP contribution in [0, 0.1) is 17.7 Å². The molecule has 0 aromatic heterocycles. The van der Waals surface area contributed by atoms with Gasteiger partial charge in [0.25, 0.3) is 0 Å². The van der Waals surface area contributed by atoms with E-state index in [-0.39, 0.29) is 24.6 Å². The lowest BCUT2D eigenvalue weighted by molar-refractivity contribution is -0.140. The zero-order valence-electron chi connectivity index (χ0n) is 17.6. The Morgan fingerprint density at radius 3 is 2.47 bits per heavy atom. The van der Waals surface area contributed by atoms with Crippen molar-refractivity contribution in [3.05, 3.63) is 65.5 Å². The first-order chi connectivity index (χ1) is 15.1. The van der Waals surface area contributed by atoms with E-state index in [1.807, 2.05) is 24.3 Å². The molecule has 1 atom stereocenters. The predicted octanol–water partition coefficient (Wildman–Crippen LogP) is 2.18. The molecule has 0 spiro atoms. The van der Waals surface area contributed by atoms with Crippen LogP contribution >= 0.6 is 0 Å². The number of ether oxygens (including phenoxy) is 1. The Labute approximate surface area is 187 Å². The molecule has 1 aliphatic rings. The minimum Gasteiger partial charge on any atom is -0.497 e. The number of halogens is 1. The summed E-state index contributed by atoms with van der Waals surface area (Å²) >= 11 is 0. The van der Waals surface area contributed by atoms with Gasteiger partial charge in [-0.15, -0.1) is 0 Å². The summed E-state index contributed by atoms with van der Waals surface area (Å²) in [7, 11) is -2.39. The Morgan fingerprint density at radius 1 is 1.25 bits per heavy atom. The molecule has 1 fully saturated rings. The van der Waals surface area contributed by atoms with Crippen molar-refractivity contribution in [3.63, 3.8) is 0 Å². The monoisotopic (exact) mass is 460 g/mol. The van der Waals surface area contributed by atoms with Gasteiger partial charge in [-0.2, -0.15) is 0 Å². The average molecular weight is 461 g/mol. The van der Waals surface area contributed by atoms with E-state index in [4.69, 9.17) is 10.5 Å². The number of hydrogen-bond donors (Lipinski definition) is 2. The predicted molar refractivity (Wildman–Crippen MR) is 118 cm³/mol. The minimum absolute atomic E-state index is 0.197. The van der Waals surface area contributed by atoms with Crippen LogP contribution in [0.15, 0.2) is 48.5 Å². The van der Waals surface area contributed by atoms with Gasteiger partial charge in [-0.25, -0.2) is 21.9 Å². The standard InChI is InChI=1S/C23H25FN2O5S/c1-31-21-7-5-18(6-8-21)19-10-13-26(14-11-19)32(29,30)16-23(25,22(27)28)12-9-17-3-2-4-20(24)15-17/h2-8,15,19H,10-11,13-14,16,25H2,1H3,(H,27,28). The molecule has 0 aliphatic carbocycles. The Kier molecular flexibility index (Phi) is 7.19. The maximum absolute atomic E-state index is 13.3. The second-order valence-electron chi connectivity index (χ2n) is 7.74. The molecule has 1 heterocycles. The Morgan fingerprint density at radius 2 is 1.91 bits per heavy atom. The second kappa shape index (κ2) is 9.69. The molecule has 1 unspecified atom stereocenters. The van der Waals surface area contributed by atoms with Gasteiger partial charge >= 0.3 is 5.97 Å². The average Bonchev–Trinajstić information content (AvgIpc) is 2.77. The van der Waals surface area contributed by atoms with Crippen molar-refractivity contribution in [2.45, 2.75) is 24.3 Å². The van der Waals surface area contributed by atoms with Crippen LogP contribution < -0.4 is 10.5 Å². The van der Waals surface area contributed by atoms with E-state index in [1.165, 1.54) is 22.5 Å². The molecule has 1 aliphatic heterocycles. The summed E-state index contributed by atoms with van der Waals surface area (Å²) in [4.78, 5) is 11.8. The maximum Gasteiger partial charge on any atom is 0.337 e. The van der Waals surface area contributed by atoms with Crippen molar-refractivity contribution in [1.29, 1.82) is 0 Å². The lowest BCUT2D eigenvalue weighted by Crippen LogP contribution is -2.55. The van der Waals surface area contributed by atoms with Gasteiger partial charge in [-0.05, 0) is 54.7 Å². The normalized spacial score (nSPS) is 17.1. The van der Waals surface area contributed by atoms with E-state index < -0.39 is 33.1 Å². The summed E-state index contributed by atoms with van der Waals surface area (Å²) in [5.74, 6) is 2.79. The highest BCUT2D eigenvalue weighted by molar-refractivity contribution is 7.89. The van der Waals surface area contributed by atoms with Gasteiger partial charge < -0.3 is 15.6 Å². The first-order valence-corrected chi connectivity index (χ1v) is 11.7. The number of carbonyl (C=O) groups is 1. The number of rotatable bonds is 6. The summed E-state index contributed by atoms with van der Waals surface area (Å²) in [5.41, 5.74) is 4.87. The molecule has 1 saturated heterocycles. The molecular weight excluding hydrogens is 435 g/mol. The van der Waals surface area contributed by atoms with Gasteiger partial charge in [0.05, 0.1) is 7.11 Å². The van der Waals surface area contributed by atoms with E-state index >= 15 is 0 Å². The highest BCUT2D eigenvalue weighted by Crippen LogP contribution is 2.30. The fraction of sp³-hybridized carbons (Fsp3) is 0.348. The number of nitrogens with zero attached hydrogens (tertiary/aromatic N) is 1. The summed E-state index contributed by atoms with van der Waals surface area (Å²) in [6, 6.07) is 12.9. The van der Waals surface area contributed by atoms with Gasteiger partial charge in [0.2, 0.25) is 10.0 Å². The molecule has 3 rings (SSSR count). The van der Waals surface area contributed by atoms with Crippen LogP contribution in [0.25, 0.3) is 0 Å². The molecule has 0 bridgehead atoms. The molecule has 2 aromatic rings. The quantitative estimate of drug-likeness (QED) is 0.640. The first-order valence-electron chi connectivity index (χ1n) is 10.1. The summed E-state index contributed by atoms with van der Waals surface area (Å²) < 4.78 is 45.6. The van der Waals surface area contributed by atoms with Crippen molar-refractivity contribution >= 4 is 16.0 Å². The van der Waals surface area contributed by atoms with Crippen molar-refractivity contribution in [2.75, 3.05) is 26.0 Å². The smallest absolute Gasteiger partial charge is 0.337 e. The third-order valence-corrected chi connectivity index (χ3v) is 7.45. The van der Waals surface area contributed by atoms with Crippen LogP contribution in [-0.2, 0) is 14.8 Å². The molecule has 0 radical (unpaired) electrons. The highest BCUT2D eigenvalue weighted by atomic mass is 32.2. The summed E-state index contributed by atoms with van der Waals surface area (Å²) in [5, 5.41) is 9.57.